The Morgan fingerprint density at radius 1 is 0.895 bits per heavy atom. The minimum atomic E-state index is 0.126. The summed E-state index contributed by atoms with van der Waals surface area (Å²) in [5, 5.41) is 0.751. The summed E-state index contributed by atoms with van der Waals surface area (Å²) in [4.78, 5) is 4.15. The van der Waals surface area contributed by atoms with Gasteiger partial charge >= 0.3 is 0 Å². The van der Waals surface area contributed by atoms with E-state index in [-0.39, 0.29) is 6.04 Å². The number of rotatable bonds is 3. The second-order valence-electron chi connectivity index (χ2n) is 4.37. The van der Waals surface area contributed by atoms with Gasteiger partial charge in [-0.25, -0.2) is 4.98 Å². The first-order valence-corrected chi connectivity index (χ1v) is 6.50. The van der Waals surface area contributed by atoms with Gasteiger partial charge in [0.15, 0.2) is 0 Å². The van der Waals surface area contributed by atoms with Gasteiger partial charge in [0.05, 0.1) is 12.4 Å². The Morgan fingerprint density at radius 3 is 2.21 bits per heavy atom. The van der Waals surface area contributed by atoms with Gasteiger partial charge in [-0.2, -0.15) is 0 Å². The highest BCUT2D eigenvalue weighted by Crippen LogP contribution is 2.27. The van der Waals surface area contributed by atoms with Gasteiger partial charge < -0.3 is 4.57 Å². The van der Waals surface area contributed by atoms with Crippen molar-refractivity contribution >= 4 is 11.6 Å². The van der Waals surface area contributed by atoms with E-state index >= 15 is 0 Å². The highest BCUT2D eigenvalue weighted by molar-refractivity contribution is 6.30. The highest BCUT2D eigenvalue weighted by Gasteiger charge is 2.15. The monoisotopic (exact) mass is 268 g/mol. The molecule has 19 heavy (non-hydrogen) atoms. The molecule has 0 spiro atoms. The SMILES string of the molecule is Clc1ccc(C(c2ccccc2)n2ccnc2)cc1. The number of imidazole rings is 1. The van der Waals surface area contributed by atoms with Crippen LogP contribution in [0, 0.1) is 0 Å². The van der Waals surface area contributed by atoms with Crippen LogP contribution in [0.25, 0.3) is 0 Å². The average molecular weight is 269 g/mol. The fraction of sp³-hybridized carbons (Fsp3) is 0.0625. The maximum Gasteiger partial charge on any atom is 0.0954 e. The third-order valence-corrected chi connectivity index (χ3v) is 3.38. The summed E-state index contributed by atoms with van der Waals surface area (Å²) in [6.45, 7) is 0. The van der Waals surface area contributed by atoms with Crippen LogP contribution < -0.4 is 0 Å². The zero-order valence-corrected chi connectivity index (χ0v) is 11.0. The molecule has 2 nitrogen and oxygen atoms in total. The molecule has 1 heterocycles. The first-order valence-electron chi connectivity index (χ1n) is 6.12. The molecule has 0 amide bonds. The fourth-order valence-electron chi connectivity index (χ4n) is 2.24. The van der Waals surface area contributed by atoms with Crippen molar-refractivity contribution in [2.75, 3.05) is 0 Å². The van der Waals surface area contributed by atoms with E-state index in [1.165, 1.54) is 11.1 Å². The lowest BCUT2D eigenvalue weighted by atomic mass is 9.99. The second kappa shape index (κ2) is 5.29. The van der Waals surface area contributed by atoms with Crippen LogP contribution in [-0.4, -0.2) is 9.55 Å². The van der Waals surface area contributed by atoms with Gasteiger partial charge in [0, 0.05) is 17.4 Å². The van der Waals surface area contributed by atoms with E-state index in [0.29, 0.717) is 0 Å². The molecule has 0 radical (unpaired) electrons. The number of halogens is 1. The third-order valence-electron chi connectivity index (χ3n) is 3.12. The summed E-state index contributed by atoms with van der Waals surface area (Å²) in [7, 11) is 0. The predicted molar refractivity (Wildman–Crippen MR) is 77.4 cm³/mol. The number of hydrogen-bond donors (Lipinski definition) is 0. The van der Waals surface area contributed by atoms with Crippen LogP contribution in [0.3, 0.4) is 0 Å². The number of hydrogen-bond acceptors (Lipinski definition) is 1. The Bertz CT molecular complexity index is 630. The molecule has 0 aliphatic carbocycles. The smallest absolute Gasteiger partial charge is 0.0954 e. The van der Waals surface area contributed by atoms with Gasteiger partial charge in [-0.05, 0) is 23.3 Å². The van der Waals surface area contributed by atoms with E-state index in [2.05, 4.69) is 45.9 Å². The predicted octanol–water partition coefficient (Wildman–Crippen LogP) is 4.17. The van der Waals surface area contributed by atoms with Crippen molar-refractivity contribution in [2.24, 2.45) is 0 Å². The molecule has 0 aliphatic heterocycles. The highest BCUT2D eigenvalue weighted by atomic mass is 35.5. The van der Waals surface area contributed by atoms with Crippen molar-refractivity contribution in [3.63, 3.8) is 0 Å². The second-order valence-corrected chi connectivity index (χ2v) is 4.81. The molecule has 3 heteroatoms. The van der Waals surface area contributed by atoms with E-state index in [4.69, 9.17) is 11.6 Å². The zero-order chi connectivity index (χ0) is 13.1. The fourth-order valence-corrected chi connectivity index (χ4v) is 2.37. The molecule has 0 fully saturated rings. The Kier molecular flexibility index (Phi) is 3.34. The number of nitrogens with zero attached hydrogens (tertiary/aromatic N) is 2. The molecule has 1 atom stereocenters. The molecule has 1 unspecified atom stereocenters. The van der Waals surface area contributed by atoms with Crippen molar-refractivity contribution in [1.82, 2.24) is 9.55 Å². The number of aromatic nitrogens is 2. The van der Waals surface area contributed by atoms with E-state index in [1.54, 1.807) is 6.20 Å². The van der Waals surface area contributed by atoms with Gasteiger partial charge in [0.25, 0.3) is 0 Å². The van der Waals surface area contributed by atoms with Crippen LogP contribution >= 0.6 is 11.6 Å². The summed E-state index contributed by atoms with van der Waals surface area (Å²) < 4.78 is 2.10. The zero-order valence-electron chi connectivity index (χ0n) is 10.3. The molecule has 0 bridgehead atoms. The molecule has 0 aliphatic rings. The minimum absolute atomic E-state index is 0.126. The molecular weight excluding hydrogens is 256 g/mol. The van der Waals surface area contributed by atoms with E-state index in [0.717, 1.165) is 5.02 Å². The summed E-state index contributed by atoms with van der Waals surface area (Å²) in [6, 6.07) is 18.5. The molecular formula is C16H13ClN2. The number of benzene rings is 2. The maximum atomic E-state index is 5.97. The van der Waals surface area contributed by atoms with Gasteiger partial charge in [0.2, 0.25) is 0 Å². The lowest BCUT2D eigenvalue weighted by Crippen LogP contribution is -2.10. The lowest BCUT2D eigenvalue weighted by molar-refractivity contribution is 0.677. The van der Waals surface area contributed by atoms with E-state index in [9.17, 15) is 0 Å². The standard InChI is InChI=1S/C16H13ClN2/c17-15-8-6-14(7-9-15)16(19-11-10-18-12-19)13-4-2-1-3-5-13/h1-12,16H. The van der Waals surface area contributed by atoms with Crippen LogP contribution in [0.4, 0.5) is 0 Å². The Balaban J connectivity index is 2.10. The van der Waals surface area contributed by atoms with Crippen LogP contribution in [0.2, 0.25) is 5.02 Å². The summed E-state index contributed by atoms with van der Waals surface area (Å²) in [6.07, 6.45) is 5.62. The van der Waals surface area contributed by atoms with Crippen LogP contribution in [0.1, 0.15) is 17.2 Å². The van der Waals surface area contributed by atoms with Gasteiger partial charge in [-0.1, -0.05) is 54.1 Å². The third kappa shape index (κ3) is 2.54. The summed E-state index contributed by atoms with van der Waals surface area (Å²) in [5.41, 5.74) is 2.41. The van der Waals surface area contributed by atoms with Gasteiger partial charge in [-0.15, -0.1) is 0 Å². The van der Waals surface area contributed by atoms with Crippen molar-refractivity contribution in [2.45, 2.75) is 6.04 Å². The van der Waals surface area contributed by atoms with Crippen molar-refractivity contribution in [3.8, 4) is 0 Å². The van der Waals surface area contributed by atoms with Gasteiger partial charge in [-0.3, -0.25) is 0 Å². The van der Waals surface area contributed by atoms with Crippen LogP contribution in [0.5, 0.6) is 0 Å². The van der Waals surface area contributed by atoms with Crippen molar-refractivity contribution < 1.29 is 0 Å². The molecule has 0 saturated carbocycles. The lowest BCUT2D eigenvalue weighted by Gasteiger charge is -2.19. The summed E-state index contributed by atoms with van der Waals surface area (Å²) >= 11 is 5.97. The van der Waals surface area contributed by atoms with Gasteiger partial charge in [0.1, 0.15) is 0 Å². The average Bonchev–Trinajstić information content (AvgIpc) is 2.96. The molecule has 0 N–H and O–H groups in total. The van der Waals surface area contributed by atoms with Crippen molar-refractivity contribution in [3.05, 3.63) is 89.5 Å². The Hall–Kier alpha value is -2.06. The molecule has 94 valence electrons. The molecule has 3 aromatic rings. The minimum Gasteiger partial charge on any atom is -0.326 e. The largest absolute Gasteiger partial charge is 0.326 e. The molecule has 1 aromatic heterocycles. The molecule has 0 saturated heterocycles. The van der Waals surface area contributed by atoms with Crippen LogP contribution in [0.15, 0.2) is 73.3 Å². The van der Waals surface area contributed by atoms with Crippen molar-refractivity contribution in [1.29, 1.82) is 0 Å². The van der Waals surface area contributed by atoms with E-state index in [1.807, 2.05) is 30.7 Å². The van der Waals surface area contributed by atoms with Crippen LogP contribution in [-0.2, 0) is 0 Å². The Morgan fingerprint density at radius 2 is 1.58 bits per heavy atom. The first kappa shape index (κ1) is 12.0. The quantitative estimate of drug-likeness (QED) is 0.697. The maximum absolute atomic E-state index is 5.97. The summed E-state index contributed by atoms with van der Waals surface area (Å²) in [5.74, 6) is 0. The first-order chi connectivity index (χ1) is 9.34. The molecule has 3 rings (SSSR count). The topological polar surface area (TPSA) is 17.8 Å². The van der Waals surface area contributed by atoms with E-state index < -0.39 is 0 Å². The Labute approximate surface area is 117 Å². The normalized spacial score (nSPS) is 12.3. The molecule has 2 aromatic carbocycles.